The van der Waals surface area contributed by atoms with Gasteiger partial charge in [0.25, 0.3) is 0 Å². The third-order valence-corrected chi connectivity index (χ3v) is 4.94. The number of carboxylic acids is 1. The molecule has 0 unspecified atom stereocenters. The Morgan fingerprint density at radius 2 is 1.95 bits per heavy atom. The molecule has 1 N–H and O–H groups in total. The first kappa shape index (κ1) is 14.9. The molecular weight excluding hydrogens is 282 g/mol. The largest absolute Gasteiger partial charge is 0.496 e. The summed E-state index contributed by atoms with van der Waals surface area (Å²) in [6.45, 7) is 0.764. The molecule has 22 heavy (non-hydrogen) atoms. The summed E-state index contributed by atoms with van der Waals surface area (Å²) in [6, 6.07) is 7.49. The zero-order chi connectivity index (χ0) is 15.7. The number of para-hydroxylation sites is 1. The Kier molecular flexibility index (Phi) is 4.05. The molecule has 0 radical (unpaired) electrons. The lowest BCUT2D eigenvalue weighted by atomic mass is 9.84. The minimum Gasteiger partial charge on any atom is -0.496 e. The van der Waals surface area contributed by atoms with Gasteiger partial charge in [-0.05, 0) is 24.5 Å². The smallest absolute Gasteiger partial charge is 0.308 e. The van der Waals surface area contributed by atoms with Crippen molar-refractivity contribution < 1.29 is 19.4 Å². The van der Waals surface area contributed by atoms with Crippen molar-refractivity contribution in [1.29, 1.82) is 0 Å². The first-order valence-electron chi connectivity index (χ1n) is 7.76. The predicted molar refractivity (Wildman–Crippen MR) is 80.8 cm³/mol. The zero-order valence-corrected chi connectivity index (χ0v) is 12.7. The Morgan fingerprint density at radius 1 is 1.23 bits per heavy atom. The number of aliphatic carboxylic acids is 1. The molecule has 5 nitrogen and oxygen atoms in total. The summed E-state index contributed by atoms with van der Waals surface area (Å²) >= 11 is 0. The SMILES string of the molecule is COc1ccccc1[C@@H]1CN(C(=O)C2CCC2)C[C@H]1C(=O)O. The maximum absolute atomic E-state index is 12.4. The molecule has 2 aliphatic rings. The van der Waals surface area contributed by atoms with Crippen molar-refractivity contribution >= 4 is 11.9 Å². The molecule has 1 aromatic carbocycles. The third-order valence-electron chi connectivity index (χ3n) is 4.94. The van der Waals surface area contributed by atoms with Crippen LogP contribution in [0.1, 0.15) is 30.7 Å². The van der Waals surface area contributed by atoms with E-state index in [1.165, 1.54) is 0 Å². The molecule has 118 valence electrons. The van der Waals surface area contributed by atoms with E-state index in [-0.39, 0.29) is 17.7 Å². The van der Waals surface area contributed by atoms with E-state index in [4.69, 9.17) is 4.74 Å². The van der Waals surface area contributed by atoms with Crippen LogP contribution in [-0.4, -0.2) is 42.1 Å². The van der Waals surface area contributed by atoms with Crippen LogP contribution in [0.4, 0.5) is 0 Å². The molecule has 1 aromatic rings. The van der Waals surface area contributed by atoms with Gasteiger partial charge in [0.05, 0.1) is 13.0 Å². The van der Waals surface area contributed by atoms with Gasteiger partial charge in [0.1, 0.15) is 5.75 Å². The monoisotopic (exact) mass is 303 g/mol. The number of nitrogens with zero attached hydrogens (tertiary/aromatic N) is 1. The van der Waals surface area contributed by atoms with E-state index in [0.29, 0.717) is 18.8 Å². The van der Waals surface area contributed by atoms with E-state index in [2.05, 4.69) is 0 Å². The molecule has 2 fully saturated rings. The van der Waals surface area contributed by atoms with Crippen molar-refractivity contribution in [2.24, 2.45) is 11.8 Å². The van der Waals surface area contributed by atoms with Crippen molar-refractivity contribution in [3.63, 3.8) is 0 Å². The van der Waals surface area contributed by atoms with E-state index >= 15 is 0 Å². The quantitative estimate of drug-likeness (QED) is 0.925. The van der Waals surface area contributed by atoms with E-state index < -0.39 is 11.9 Å². The van der Waals surface area contributed by atoms with Crippen molar-refractivity contribution in [2.45, 2.75) is 25.2 Å². The molecule has 1 aliphatic heterocycles. The Balaban J connectivity index is 1.85. The second kappa shape index (κ2) is 5.99. The molecule has 1 saturated heterocycles. The molecule has 5 heteroatoms. The average Bonchev–Trinajstić information content (AvgIpc) is 2.90. The molecule has 3 rings (SSSR count). The topological polar surface area (TPSA) is 66.8 Å². The number of likely N-dealkylation sites (tertiary alicyclic amines) is 1. The number of amides is 1. The van der Waals surface area contributed by atoms with Crippen molar-refractivity contribution in [3.05, 3.63) is 29.8 Å². The summed E-state index contributed by atoms with van der Waals surface area (Å²) in [5.41, 5.74) is 0.876. The number of carbonyl (C=O) groups excluding carboxylic acids is 1. The third kappa shape index (κ3) is 2.56. The number of benzene rings is 1. The highest BCUT2D eigenvalue weighted by Gasteiger charge is 2.43. The zero-order valence-electron chi connectivity index (χ0n) is 12.7. The van der Waals surface area contributed by atoms with E-state index in [1.54, 1.807) is 12.0 Å². The number of methoxy groups -OCH3 is 1. The highest BCUT2D eigenvalue weighted by atomic mass is 16.5. The van der Waals surface area contributed by atoms with Crippen LogP contribution in [-0.2, 0) is 9.59 Å². The molecule has 1 heterocycles. The van der Waals surface area contributed by atoms with Crippen molar-refractivity contribution in [1.82, 2.24) is 4.90 Å². The van der Waals surface area contributed by atoms with Crippen molar-refractivity contribution in [3.8, 4) is 5.75 Å². The second-order valence-electron chi connectivity index (χ2n) is 6.16. The maximum atomic E-state index is 12.4. The predicted octanol–water partition coefficient (Wildman–Crippen LogP) is 2.12. The van der Waals surface area contributed by atoms with Crippen LogP contribution in [0.25, 0.3) is 0 Å². The fourth-order valence-electron chi connectivity index (χ4n) is 3.44. The Bertz CT molecular complexity index is 582. The number of hydrogen-bond acceptors (Lipinski definition) is 3. The van der Waals surface area contributed by atoms with Crippen molar-refractivity contribution in [2.75, 3.05) is 20.2 Å². The van der Waals surface area contributed by atoms with Crippen LogP contribution in [0, 0.1) is 11.8 Å². The van der Waals surface area contributed by atoms with Crippen LogP contribution in [0.5, 0.6) is 5.75 Å². The van der Waals surface area contributed by atoms with Gasteiger partial charge >= 0.3 is 5.97 Å². The lowest BCUT2D eigenvalue weighted by Gasteiger charge is -2.29. The lowest BCUT2D eigenvalue weighted by Crippen LogP contribution is -2.37. The van der Waals surface area contributed by atoms with Crippen LogP contribution in [0.15, 0.2) is 24.3 Å². The number of carbonyl (C=O) groups is 2. The van der Waals surface area contributed by atoms with Crippen LogP contribution >= 0.6 is 0 Å². The molecule has 1 aliphatic carbocycles. The lowest BCUT2D eigenvalue weighted by molar-refractivity contribution is -0.142. The summed E-state index contributed by atoms with van der Waals surface area (Å²) < 4.78 is 5.36. The van der Waals surface area contributed by atoms with Gasteiger partial charge < -0.3 is 14.7 Å². The van der Waals surface area contributed by atoms with Gasteiger partial charge in [-0.3, -0.25) is 9.59 Å². The highest BCUT2D eigenvalue weighted by Crippen LogP contribution is 2.39. The Labute approximate surface area is 129 Å². The van der Waals surface area contributed by atoms with E-state index in [0.717, 1.165) is 24.8 Å². The first-order valence-corrected chi connectivity index (χ1v) is 7.76. The van der Waals surface area contributed by atoms with Crippen LogP contribution < -0.4 is 4.74 Å². The Morgan fingerprint density at radius 3 is 2.55 bits per heavy atom. The molecule has 1 amide bonds. The number of rotatable bonds is 4. The normalized spacial score (nSPS) is 24.9. The van der Waals surface area contributed by atoms with Gasteiger partial charge in [0.15, 0.2) is 0 Å². The van der Waals surface area contributed by atoms with Crippen LogP contribution in [0.2, 0.25) is 0 Å². The molecule has 0 bridgehead atoms. The molecule has 2 atom stereocenters. The summed E-state index contributed by atoms with van der Waals surface area (Å²) in [6.07, 6.45) is 2.97. The average molecular weight is 303 g/mol. The standard InChI is InChI=1S/C17H21NO4/c1-22-15-8-3-2-7-12(15)13-9-18(10-14(13)17(20)21)16(19)11-5-4-6-11/h2-3,7-8,11,13-14H,4-6,9-10H2,1H3,(H,20,21)/t13-,14+/m0/s1. The van der Waals surface area contributed by atoms with Gasteiger partial charge in [-0.15, -0.1) is 0 Å². The van der Waals surface area contributed by atoms with Gasteiger partial charge in [0, 0.05) is 24.9 Å². The van der Waals surface area contributed by atoms with Gasteiger partial charge in [-0.1, -0.05) is 24.6 Å². The molecular formula is C17H21NO4. The second-order valence-corrected chi connectivity index (χ2v) is 6.16. The van der Waals surface area contributed by atoms with E-state index in [9.17, 15) is 14.7 Å². The van der Waals surface area contributed by atoms with Crippen LogP contribution in [0.3, 0.4) is 0 Å². The fraction of sp³-hybridized carbons (Fsp3) is 0.529. The number of hydrogen-bond donors (Lipinski definition) is 1. The van der Waals surface area contributed by atoms with Gasteiger partial charge in [0.2, 0.25) is 5.91 Å². The highest BCUT2D eigenvalue weighted by molar-refractivity contribution is 5.82. The minimum atomic E-state index is -0.847. The Hall–Kier alpha value is -2.04. The fourth-order valence-corrected chi connectivity index (χ4v) is 3.44. The summed E-state index contributed by atoms with van der Waals surface area (Å²) in [5, 5.41) is 9.54. The van der Waals surface area contributed by atoms with Gasteiger partial charge in [-0.2, -0.15) is 0 Å². The summed E-state index contributed by atoms with van der Waals surface area (Å²) in [5.74, 6) is -0.713. The van der Waals surface area contributed by atoms with E-state index in [1.807, 2.05) is 24.3 Å². The molecule has 0 spiro atoms. The number of carboxylic acid groups (broad SMARTS) is 1. The first-order chi connectivity index (χ1) is 10.6. The summed E-state index contributed by atoms with van der Waals surface area (Å²) in [7, 11) is 1.58. The van der Waals surface area contributed by atoms with Gasteiger partial charge in [-0.25, -0.2) is 0 Å². The maximum Gasteiger partial charge on any atom is 0.308 e. The minimum absolute atomic E-state index is 0.103. The molecule has 0 aromatic heterocycles. The molecule has 1 saturated carbocycles. The number of ether oxygens (including phenoxy) is 1. The summed E-state index contributed by atoms with van der Waals surface area (Å²) in [4.78, 5) is 25.8.